The van der Waals surface area contributed by atoms with E-state index in [4.69, 9.17) is 4.74 Å². The molecule has 2 rings (SSSR count). The molecule has 1 N–H and O–H groups in total. The second-order valence-electron chi connectivity index (χ2n) is 7.15. The van der Waals surface area contributed by atoms with Gasteiger partial charge in [0, 0.05) is 30.7 Å². The Morgan fingerprint density at radius 3 is 2.70 bits per heavy atom. The predicted molar refractivity (Wildman–Crippen MR) is 109 cm³/mol. The fourth-order valence-corrected chi connectivity index (χ4v) is 2.81. The number of carbonyl (C=O) groups excluding carboxylic acids is 2. The van der Waals surface area contributed by atoms with Crippen molar-refractivity contribution in [2.45, 2.75) is 39.8 Å². The van der Waals surface area contributed by atoms with Crippen LogP contribution < -0.4 is 5.32 Å². The molecule has 1 aromatic carbocycles. The summed E-state index contributed by atoms with van der Waals surface area (Å²) in [5.41, 5.74) is 1.78. The van der Waals surface area contributed by atoms with Gasteiger partial charge in [0.05, 0.1) is 10.7 Å². The largest absolute Gasteiger partial charge is 0.444 e. The van der Waals surface area contributed by atoms with E-state index in [9.17, 15) is 9.59 Å². The molecule has 0 fully saturated rings. The van der Waals surface area contributed by atoms with Crippen LogP contribution in [0.5, 0.6) is 0 Å². The first kappa shape index (κ1) is 20.6. The van der Waals surface area contributed by atoms with Crippen LogP contribution in [-0.2, 0) is 16.1 Å². The van der Waals surface area contributed by atoms with Crippen LogP contribution in [0.2, 0.25) is 0 Å². The van der Waals surface area contributed by atoms with Gasteiger partial charge >= 0.3 is 6.09 Å². The summed E-state index contributed by atoms with van der Waals surface area (Å²) in [6.07, 6.45) is 2.74. The van der Waals surface area contributed by atoms with Crippen LogP contribution in [0.3, 0.4) is 0 Å². The Bertz CT molecular complexity index is 837. The molecule has 1 heterocycles. The van der Waals surface area contributed by atoms with E-state index in [1.807, 2.05) is 51.3 Å². The smallest absolute Gasteiger partial charge is 0.410 e. The zero-order valence-electron chi connectivity index (χ0n) is 16.3. The third-order valence-electron chi connectivity index (χ3n) is 3.36. The monoisotopic (exact) mass is 387 g/mol. The van der Waals surface area contributed by atoms with Gasteiger partial charge in [0.1, 0.15) is 5.60 Å². The zero-order valence-corrected chi connectivity index (χ0v) is 17.1. The highest BCUT2D eigenvalue weighted by Crippen LogP contribution is 2.15. The quantitative estimate of drug-likeness (QED) is 0.769. The van der Waals surface area contributed by atoms with Crippen molar-refractivity contribution >= 4 is 35.1 Å². The van der Waals surface area contributed by atoms with Gasteiger partial charge in [-0.05, 0) is 51.5 Å². The number of rotatable bonds is 5. The number of ether oxygens (including phenoxy) is 1. The summed E-state index contributed by atoms with van der Waals surface area (Å²) in [4.78, 5) is 29.9. The molecule has 0 aliphatic carbocycles. The van der Waals surface area contributed by atoms with E-state index in [2.05, 4.69) is 10.3 Å². The van der Waals surface area contributed by atoms with Crippen LogP contribution in [0, 0.1) is 6.92 Å². The Morgan fingerprint density at radius 2 is 2.07 bits per heavy atom. The third kappa shape index (κ3) is 7.22. The maximum absolute atomic E-state index is 12.1. The molecule has 1 aromatic heterocycles. The Hall–Kier alpha value is -2.67. The molecule has 0 saturated heterocycles. The number of nitrogens with one attached hydrogen (secondary N) is 1. The first-order valence-corrected chi connectivity index (χ1v) is 9.44. The summed E-state index contributed by atoms with van der Waals surface area (Å²) in [6, 6.07) is 7.36. The van der Waals surface area contributed by atoms with Crippen molar-refractivity contribution in [1.29, 1.82) is 0 Å². The van der Waals surface area contributed by atoms with Gasteiger partial charge < -0.3 is 15.0 Å². The van der Waals surface area contributed by atoms with Gasteiger partial charge in [-0.1, -0.05) is 12.1 Å². The maximum atomic E-state index is 12.1. The lowest BCUT2D eigenvalue weighted by Crippen LogP contribution is -2.33. The fourth-order valence-electron chi connectivity index (χ4n) is 2.23. The SMILES string of the molecule is Cc1nc(/C=C/C(=O)Nc2cccc(CN(C)C(=O)OC(C)(C)C)c2)cs1. The van der Waals surface area contributed by atoms with Crippen LogP contribution in [-0.4, -0.2) is 34.5 Å². The zero-order chi connectivity index (χ0) is 20.0. The van der Waals surface area contributed by atoms with Gasteiger partial charge in [-0.2, -0.15) is 0 Å². The number of aryl methyl sites for hydroxylation is 1. The molecule has 2 aromatic rings. The molecule has 0 saturated carbocycles. The van der Waals surface area contributed by atoms with Crippen molar-refractivity contribution in [3.8, 4) is 0 Å². The number of hydrogen-bond acceptors (Lipinski definition) is 5. The molecule has 0 radical (unpaired) electrons. The number of hydrogen-bond donors (Lipinski definition) is 1. The van der Waals surface area contributed by atoms with E-state index in [1.54, 1.807) is 19.2 Å². The standard InChI is InChI=1S/C20H25N3O3S/c1-14-21-17(13-27-14)9-10-18(24)22-16-8-6-7-15(11-16)12-23(5)19(25)26-20(2,3)4/h6-11,13H,12H2,1-5H3,(H,22,24)/b10-9+. The molecule has 7 heteroatoms. The van der Waals surface area contributed by atoms with Crippen LogP contribution >= 0.6 is 11.3 Å². The average molecular weight is 388 g/mol. The maximum Gasteiger partial charge on any atom is 0.410 e. The van der Waals surface area contributed by atoms with Gasteiger partial charge in [-0.15, -0.1) is 11.3 Å². The highest BCUT2D eigenvalue weighted by atomic mass is 32.1. The minimum Gasteiger partial charge on any atom is -0.444 e. The number of amides is 2. The molecule has 0 aliphatic rings. The highest BCUT2D eigenvalue weighted by molar-refractivity contribution is 7.09. The lowest BCUT2D eigenvalue weighted by Gasteiger charge is -2.24. The summed E-state index contributed by atoms with van der Waals surface area (Å²) in [6.45, 7) is 7.79. The van der Waals surface area contributed by atoms with Gasteiger partial charge in [-0.3, -0.25) is 4.79 Å². The van der Waals surface area contributed by atoms with Gasteiger partial charge in [-0.25, -0.2) is 9.78 Å². The van der Waals surface area contributed by atoms with Crippen LogP contribution in [0.4, 0.5) is 10.5 Å². The molecule has 0 atom stereocenters. The van der Waals surface area contributed by atoms with E-state index >= 15 is 0 Å². The summed E-state index contributed by atoms with van der Waals surface area (Å²) >= 11 is 1.54. The van der Waals surface area contributed by atoms with E-state index in [0.29, 0.717) is 12.2 Å². The fraction of sp³-hybridized carbons (Fsp3) is 0.350. The van der Waals surface area contributed by atoms with Crippen molar-refractivity contribution < 1.29 is 14.3 Å². The number of carbonyl (C=O) groups is 2. The molecule has 0 aliphatic heterocycles. The number of thiazole rings is 1. The average Bonchev–Trinajstić information content (AvgIpc) is 2.97. The number of nitrogens with zero attached hydrogens (tertiary/aromatic N) is 2. The third-order valence-corrected chi connectivity index (χ3v) is 4.15. The minimum absolute atomic E-state index is 0.238. The molecular weight excluding hydrogens is 362 g/mol. The lowest BCUT2D eigenvalue weighted by atomic mass is 10.2. The Balaban J connectivity index is 1.95. The topological polar surface area (TPSA) is 71.5 Å². The second-order valence-corrected chi connectivity index (χ2v) is 8.21. The van der Waals surface area contributed by atoms with Crippen molar-refractivity contribution in [2.75, 3.05) is 12.4 Å². The van der Waals surface area contributed by atoms with Gasteiger partial charge in [0.15, 0.2) is 0 Å². The highest BCUT2D eigenvalue weighted by Gasteiger charge is 2.19. The van der Waals surface area contributed by atoms with Crippen LogP contribution in [0.25, 0.3) is 6.08 Å². The Labute approximate surface area is 163 Å². The summed E-state index contributed by atoms with van der Waals surface area (Å²) in [5, 5.41) is 5.67. The molecule has 27 heavy (non-hydrogen) atoms. The summed E-state index contributed by atoms with van der Waals surface area (Å²) in [5.74, 6) is -0.238. The molecule has 0 unspecified atom stereocenters. The van der Waals surface area contributed by atoms with Crippen LogP contribution in [0.15, 0.2) is 35.7 Å². The van der Waals surface area contributed by atoms with Crippen molar-refractivity contribution in [1.82, 2.24) is 9.88 Å². The van der Waals surface area contributed by atoms with Gasteiger partial charge in [0.2, 0.25) is 5.91 Å². The predicted octanol–water partition coefficient (Wildman–Crippen LogP) is 4.47. The molecule has 0 spiro atoms. The van der Waals surface area contributed by atoms with Gasteiger partial charge in [0.25, 0.3) is 0 Å². The van der Waals surface area contributed by atoms with E-state index in [0.717, 1.165) is 16.3 Å². The Kier molecular flexibility index (Phi) is 6.74. The van der Waals surface area contributed by atoms with Crippen LogP contribution in [0.1, 0.15) is 37.0 Å². The van der Waals surface area contributed by atoms with Crippen molar-refractivity contribution in [3.63, 3.8) is 0 Å². The Morgan fingerprint density at radius 1 is 1.33 bits per heavy atom. The number of benzene rings is 1. The van der Waals surface area contributed by atoms with Crippen molar-refractivity contribution in [2.24, 2.45) is 0 Å². The number of anilines is 1. The molecule has 144 valence electrons. The van der Waals surface area contributed by atoms with E-state index in [-0.39, 0.29) is 5.91 Å². The number of aromatic nitrogens is 1. The normalized spacial score (nSPS) is 11.4. The molecule has 0 bridgehead atoms. The first-order chi connectivity index (χ1) is 12.6. The molecular formula is C20H25N3O3S. The van der Waals surface area contributed by atoms with E-state index < -0.39 is 11.7 Å². The van der Waals surface area contributed by atoms with E-state index in [1.165, 1.54) is 22.3 Å². The molecule has 2 amide bonds. The summed E-state index contributed by atoms with van der Waals surface area (Å²) in [7, 11) is 1.68. The first-order valence-electron chi connectivity index (χ1n) is 8.56. The summed E-state index contributed by atoms with van der Waals surface area (Å²) < 4.78 is 5.35. The lowest BCUT2D eigenvalue weighted by molar-refractivity contribution is -0.111. The molecule has 6 nitrogen and oxygen atoms in total. The second kappa shape index (κ2) is 8.81. The van der Waals surface area contributed by atoms with Crippen molar-refractivity contribution in [3.05, 3.63) is 52.0 Å². The minimum atomic E-state index is -0.538.